The van der Waals surface area contributed by atoms with Gasteiger partial charge in [-0.05, 0) is 59.8 Å². The van der Waals surface area contributed by atoms with E-state index in [4.69, 9.17) is 0 Å². The fourth-order valence-electron chi connectivity index (χ4n) is 2.24. The van der Waals surface area contributed by atoms with Crippen molar-refractivity contribution in [3.8, 4) is 0 Å². The van der Waals surface area contributed by atoms with Gasteiger partial charge in [0, 0.05) is 17.6 Å². The molecule has 1 unspecified atom stereocenters. The Balaban J connectivity index is 2.33. The maximum absolute atomic E-state index is 12.6. The Morgan fingerprint density at radius 1 is 1.32 bits per heavy atom. The van der Waals surface area contributed by atoms with Crippen molar-refractivity contribution in [1.82, 2.24) is 4.31 Å². The molecule has 1 fully saturated rings. The Morgan fingerprint density at radius 3 is 2.79 bits per heavy atom. The third kappa shape index (κ3) is 3.37. The molecule has 0 bridgehead atoms. The molecular weight excluding hydrogens is 330 g/mol. The second kappa shape index (κ2) is 5.91. The predicted molar refractivity (Wildman–Crippen MR) is 77.5 cm³/mol. The summed E-state index contributed by atoms with van der Waals surface area (Å²) < 4.78 is 27.3. The maximum atomic E-state index is 12.6. The number of hydrogen-bond donors (Lipinski definition) is 1. The van der Waals surface area contributed by atoms with Gasteiger partial charge in [-0.1, -0.05) is 6.07 Å². The average Bonchev–Trinajstić information content (AvgIpc) is 2.57. The van der Waals surface area contributed by atoms with E-state index in [0.29, 0.717) is 41.7 Å². The van der Waals surface area contributed by atoms with E-state index in [0.717, 1.165) is 5.56 Å². The Kier molecular flexibility index (Phi) is 4.66. The maximum Gasteiger partial charge on any atom is 0.244 e. The Morgan fingerprint density at radius 2 is 2.05 bits per heavy atom. The number of sulfonamides is 1. The minimum absolute atomic E-state index is 0.309. The summed E-state index contributed by atoms with van der Waals surface area (Å²) in [5.41, 5.74) is 0.914. The van der Waals surface area contributed by atoms with Crippen LogP contribution in [0.4, 0.5) is 0 Å². The summed E-state index contributed by atoms with van der Waals surface area (Å²) in [6.45, 7) is 2.72. The molecule has 106 valence electrons. The largest absolute Gasteiger partial charge is 0.393 e. The van der Waals surface area contributed by atoms with Crippen molar-refractivity contribution < 1.29 is 13.5 Å². The van der Waals surface area contributed by atoms with Crippen molar-refractivity contribution in [2.75, 3.05) is 13.1 Å². The fraction of sp³-hybridized carbons (Fsp3) is 0.538. The van der Waals surface area contributed by atoms with Gasteiger partial charge in [0.15, 0.2) is 0 Å². The number of rotatable bonds is 2. The molecule has 0 radical (unpaired) electrons. The van der Waals surface area contributed by atoms with Gasteiger partial charge in [0.1, 0.15) is 0 Å². The first kappa shape index (κ1) is 15.0. The number of hydrogen-bond acceptors (Lipinski definition) is 3. The van der Waals surface area contributed by atoms with E-state index in [1.165, 1.54) is 4.31 Å². The molecule has 0 aromatic heterocycles. The second-order valence-corrected chi connectivity index (χ2v) is 7.68. The Labute approximate surface area is 122 Å². The predicted octanol–water partition coefficient (Wildman–Crippen LogP) is 2.29. The van der Waals surface area contributed by atoms with Gasteiger partial charge in [-0.3, -0.25) is 0 Å². The van der Waals surface area contributed by atoms with Crippen LogP contribution in [-0.4, -0.2) is 37.0 Å². The zero-order chi connectivity index (χ0) is 14.0. The molecule has 6 heteroatoms. The minimum Gasteiger partial charge on any atom is -0.393 e. The van der Waals surface area contributed by atoms with Crippen molar-refractivity contribution in [1.29, 1.82) is 0 Å². The monoisotopic (exact) mass is 347 g/mol. The molecule has 2 rings (SSSR count). The van der Waals surface area contributed by atoms with Crippen LogP contribution in [0.2, 0.25) is 0 Å². The highest BCUT2D eigenvalue weighted by molar-refractivity contribution is 9.10. The highest BCUT2D eigenvalue weighted by Crippen LogP contribution is 2.27. The normalized spacial score (nSPS) is 22.2. The molecule has 1 aromatic carbocycles. The van der Waals surface area contributed by atoms with Gasteiger partial charge >= 0.3 is 0 Å². The minimum atomic E-state index is -3.49. The van der Waals surface area contributed by atoms with Crippen LogP contribution in [0, 0.1) is 6.92 Å². The van der Waals surface area contributed by atoms with Crippen molar-refractivity contribution in [3.05, 3.63) is 28.2 Å². The summed E-state index contributed by atoms with van der Waals surface area (Å²) >= 11 is 3.31. The van der Waals surface area contributed by atoms with E-state index in [1.54, 1.807) is 12.1 Å². The third-order valence-corrected chi connectivity index (χ3v) is 6.25. The van der Waals surface area contributed by atoms with Crippen LogP contribution in [0.3, 0.4) is 0 Å². The molecule has 0 saturated carbocycles. The van der Waals surface area contributed by atoms with Gasteiger partial charge in [-0.25, -0.2) is 8.42 Å². The van der Waals surface area contributed by atoms with E-state index in [1.807, 2.05) is 13.0 Å². The zero-order valence-electron chi connectivity index (χ0n) is 10.8. The van der Waals surface area contributed by atoms with E-state index < -0.39 is 10.0 Å². The van der Waals surface area contributed by atoms with Crippen LogP contribution in [0.5, 0.6) is 0 Å². The van der Waals surface area contributed by atoms with E-state index in [9.17, 15) is 13.5 Å². The number of aliphatic hydroxyl groups excluding tert-OH is 1. The third-order valence-electron chi connectivity index (χ3n) is 3.36. The summed E-state index contributed by atoms with van der Waals surface area (Å²) in [5.74, 6) is 0. The molecule has 0 aliphatic carbocycles. The first-order valence-electron chi connectivity index (χ1n) is 6.35. The quantitative estimate of drug-likeness (QED) is 0.892. The van der Waals surface area contributed by atoms with Crippen LogP contribution in [0.25, 0.3) is 0 Å². The summed E-state index contributed by atoms with van der Waals surface area (Å²) in [5, 5.41) is 9.61. The lowest BCUT2D eigenvalue weighted by atomic mass is 10.2. The highest BCUT2D eigenvalue weighted by atomic mass is 79.9. The molecule has 19 heavy (non-hydrogen) atoms. The van der Waals surface area contributed by atoms with Crippen LogP contribution in [-0.2, 0) is 10.0 Å². The van der Waals surface area contributed by atoms with Crippen LogP contribution >= 0.6 is 15.9 Å². The van der Waals surface area contributed by atoms with Gasteiger partial charge in [0.25, 0.3) is 0 Å². The lowest BCUT2D eigenvalue weighted by Gasteiger charge is -2.21. The Bertz CT molecular complexity index is 559. The molecule has 1 aliphatic rings. The highest BCUT2D eigenvalue weighted by Gasteiger charge is 2.28. The molecule has 1 atom stereocenters. The number of nitrogens with zero attached hydrogens (tertiary/aromatic N) is 1. The van der Waals surface area contributed by atoms with Crippen molar-refractivity contribution in [3.63, 3.8) is 0 Å². The smallest absolute Gasteiger partial charge is 0.244 e. The van der Waals surface area contributed by atoms with Gasteiger partial charge in [-0.2, -0.15) is 4.31 Å². The summed E-state index contributed by atoms with van der Waals surface area (Å²) in [6.07, 6.45) is 1.48. The molecule has 0 spiro atoms. The average molecular weight is 348 g/mol. The van der Waals surface area contributed by atoms with Crippen molar-refractivity contribution in [2.24, 2.45) is 0 Å². The van der Waals surface area contributed by atoms with E-state index >= 15 is 0 Å². The standard InChI is InChI=1S/C13H18BrNO3S/c1-10-4-5-12(14)13(9-10)19(17,18)15-7-2-3-11(16)6-8-15/h4-5,9,11,16H,2-3,6-8H2,1H3. The number of aliphatic hydroxyl groups is 1. The molecule has 1 N–H and O–H groups in total. The van der Waals surface area contributed by atoms with Gasteiger partial charge in [0.05, 0.1) is 11.0 Å². The summed E-state index contributed by atoms with van der Waals surface area (Å²) in [4.78, 5) is 0.309. The molecule has 1 aromatic rings. The van der Waals surface area contributed by atoms with E-state index in [-0.39, 0.29) is 6.10 Å². The van der Waals surface area contributed by atoms with Crippen LogP contribution in [0.15, 0.2) is 27.6 Å². The number of benzene rings is 1. The van der Waals surface area contributed by atoms with Crippen LogP contribution < -0.4 is 0 Å². The number of aryl methyl sites for hydroxylation is 1. The van der Waals surface area contributed by atoms with Crippen molar-refractivity contribution >= 4 is 26.0 Å². The summed E-state index contributed by atoms with van der Waals surface area (Å²) in [6, 6.07) is 5.31. The lowest BCUT2D eigenvalue weighted by molar-refractivity contribution is 0.159. The van der Waals surface area contributed by atoms with Gasteiger partial charge < -0.3 is 5.11 Å². The van der Waals surface area contributed by atoms with Crippen LogP contribution in [0.1, 0.15) is 24.8 Å². The summed E-state index contributed by atoms with van der Waals surface area (Å²) in [7, 11) is -3.49. The number of halogens is 1. The molecule has 4 nitrogen and oxygen atoms in total. The van der Waals surface area contributed by atoms with Gasteiger partial charge in [-0.15, -0.1) is 0 Å². The lowest BCUT2D eigenvalue weighted by Crippen LogP contribution is -2.32. The molecular formula is C13H18BrNO3S. The molecule has 1 aliphatic heterocycles. The zero-order valence-corrected chi connectivity index (χ0v) is 13.2. The van der Waals surface area contributed by atoms with E-state index in [2.05, 4.69) is 15.9 Å². The van der Waals surface area contributed by atoms with Gasteiger partial charge in [0.2, 0.25) is 10.0 Å². The fourth-order valence-corrected chi connectivity index (χ4v) is 4.74. The molecule has 1 saturated heterocycles. The topological polar surface area (TPSA) is 57.6 Å². The molecule has 0 amide bonds. The van der Waals surface area contributed by atoms with Crippen molar-refractivity contribution in [2.45, 2.75) is 37.2 Å². The Hall–Kier alpha value is -0.430. The SMILES string of the molecule is Cc1ccc(Br)c(S(=O)(=O)N2CCCC(O)CC2)c1. The first-order chi connectivity index (χ1) is 8.91. The first-order valence-corrected chi connectivity index (χ1v) is 8.59. The second-order valence-electron chi connectivity index (χ2n) is 4.92. The molecule has 1 heterocycles.